The zero-order valence-corrected chi connectivity index (χ0v) is 22.4. The fourth-order valence-corrected chi connectivity index (χ4v) is 5.76. The third kappa shape index (κ3) is 6.89. The molecule has 1 N–H and O–H groups in total. The first-order valence-electron chi connectivity index (χ1n) is 13.4. The predicted octanol–water partition coefficient (Wildman–Crippen LogP) is 7.11. The number of carbonyl (C=O) groups is 1. The van der Waals surface area contributed by atoms with Gasteiger partial charge in [-0.3, -0.25) is 9.78 Å². The Kier molecular flexibility index (Phi) is 9.60. The molecule has 4 rings (SSSR count). The van der Waals surface area contributed by atoms with Gasteiger partial charge in [-0.2, -0.15) is 0 Å². The molecule has 2 aromatic carbocycles. The van der Waals surface area contributed by atoms with Crippen molar-refractivity contribution in [1.29, 1.82) is 0 Å². The lowest BCUT2D eigenvalue weighted by atomic mass is 9.71. The van der Waals surface area contributed by atoms with E-state index in [4.69, 9.17) is 4.74 Å². The van der Waals surface area contributed by atoms with Gasteiger partial charge in [-0.05, 0) is 99.5 Å². The molecule has 1 atom stereocenters. The van der Waals surface area contributed by atoms with Crippen LogP contribution in [0.25, 0.3) is 10.9 Å². The number of halogens is 5. The smallest absolute Gasteiger partial charge is 0.303 e. The molecule has 216 valence electrons. The van der Waals surface area contributed by atoms with Crippen LogP contribution in [0.4, 0.5) is 22.0 Å². The summed E-state index contributed by atoms with van der Waals surface area (Å²) in [6, 6.07) is 7.03. The summed E-state index contributed by atoms with van der Waals surface area (Å²) >= 11 is 0. The average molecular weight is 565 g/mol. The molecule has 0 amide bonds. The second-order valence-corrected chi connectivity index (χ2v) is 10.6. The molecular formula is C30H33F5N2O3. The molecule has 1 aliphatic heterocycles. The number of hydrogen-bond acceptors (Lipinski definition) is 4. The fourth-order valence-electron chi connectivity index (χ4n) is 5.76. The Bertz CT molecular complexity index is 1320. The lowest BCUT2D eigenvalue weighted by molar-refractivity contribution is -0.141. The number of hydrogen-bond donors (Lipinski definition) is 1. The summed E-state index contributed by atoms with van der Waals surface area (Å²) in [6.07, 6.45) is 2.16. The van der Waals surface area contributed by atoms with Crippen LogP contribution >= 0.6 is 0 Å². The number of rotatable bonds is 12. The van der Waals surface area contributed by atoms with Crippen LogP contribution in [-0.2, 0) is 17.9 Å². The molecule has 0 spiro atoms. The van der Waals surface area contributed by atoms with Crippen molar-refractivity contribution < 1.29 is 36.6 Å². The zero-order valence-electron chi connectivity index (χ0n) is 22.4. The molecule has 3 aromatic rings. The quantitative estimate of drug-likeness (QED) is 0.188. The van der Waals surface area contributed by atoms with Crippen LogP contribution in [0.1, 0.15) is 61.4 Å². The molecule has 1 aromatic heterocycles. The molecule has 5 nitrogen and oxygen atoms in total. The maximum Gasteiger partial charge on any atom is 0.303 e. The molecule has 0 aliphatic carbocycles. The number of likely N-dealkylation sites (tertiary alicyclic amines) is 1. The Balaban J connectivity index is 1.40. The Morgan fingerprint density at radius 1 is 1.15 bits per heavy atom. The van der Waals surface area contributed by atoms with Gasteiger partial charge in [-0.25, -0.2) is 22.0 Å². The number of benzene rings is 2. The Hall–Kier alpha value is -3.27. The van der Waals surface area contributed by atoms with Gasteiger partial charge in [0.15, 0.2) is 17.5 Å². The number of aromatic nitrogens is 1. The molecule has 10 heteroatoms. The van der Waals surface area contributed by atoms with Gasteiger partial charge < -0.3 is 14.7 Å². The molecule has 0 bridgehead atoms. The number of pyridine rings is 1. The molecule has 1 fully saturated rings. The minimum absolute atomic E-state index is 0.0400. The van der Waals surface area contributed by atoms with Gasteiger partial charge in [0.2, 0.25) is 0 Å². The van der Waals surface area contributed by atoms with E-state index in [0.717, 1.165) is 12.1 Å². The Labute approximate surface area is 230 Å². The van der Waals surface area contributed by atoms with E-state index < -0.39 is 41.7 Å². The monoisotopic (exact) mass is 564 g/mol. The highest BCUT2D eigenvalue weighted by Gasteiger charge is 2.37. The van der Waals surface area contributed by atoms with Gasteiger partial charge in [0.05, 0.1) is 19.0 Å². The van der Waals surface area contributed by atoms with Gasteiger partial charge in [0, 0.05) is 22.7 Å². The lowest BCUT2D eigenvalue weighted by Crippen LogP contribution is -2.41. The van der Waals surface area contributed by atoms with Crippen molar-refractivity contribution in [3.8, 4) is 5.75 Å². The molecule has 40 heavy (non-hydrogen) atoms. The lowest BCUT2D eigenvalue weighted by Gasteiger charge is -2.41. The zero-order chi connectivity index (χ0) is 28.9. The number of methoxy groups -OCH3 is 1. The van der Waals surface area contributed by atoms with Crippen molar-refractivity contribution in [2.75, 3.05) is 26.7 Å². The first kappa shape index (κ1) is 29.7. The standard InChI is InChI=1S/C30H33F5N2O3/c1-40-21-4-5-26-22(15-21)28(20(17-31)18-36-26)23(32)6-7-30(16-27(38)39)8-11-37(12-9-30)10-2-3-19-13-24(33)29(35)25(34)14-19/h4-5,13-15,18,23H,2-3,6-12,16-17H2,1H3,(H,38,39)/t23-/m1/s1. The number of carboxylic acids is 1. The van der Waals surface area contributed by atoms with Crippen LogP contribution in [0.3, 0.4) is 0 Å². The SMILES string of the molecule is COc1ccc2ncc(CF)c([C@H](F)CCC3(CC(=O)O)CCN(CCCc4cc(F)c(F)c(F)c4)CC3)c2c1. The van der Waals surface area contributed by atoms with Crippen LogP contribution in [0.15, 0.2) is 36.5 Å². The number of nitrogens with zero attached hydrogens (tertiary/aromatic N) is 2. The predicted molar refractivity (Wildman–Crippen MR) is 141 cm³/mol. The molecule has 1 aliphatic rings. The number of carboxylic acid groups (broad SMARTS) is 1. The fraction of sp³-hybridized carbons (Fsp3) is 0.467. The number of ether oxygens (including phenoxy) is 1. The largest absolute Gasteiger partial charge is 0.497 e. The summed E-state index contributed by atoms with van der Waals surface area (Å²) in [6.45, 7) is 0.950. The first-order chi connectivity index (χ1) is 19.1. The highest BCUT2D eigenvalue weighted by Crippen LogP contribution is 2.43. The first-order valence-corrected chi connectivity index (χ1v) is 13.4. The van der Waals surface area contributed by atoms with Crippen molar-refractivity contribution >= 4 is 16.9 Å². The molecule has 0 saturated carbocycles. The van der Waals surface area contributed by atoms with E-state index in [1.807, 2.05) is 0 Å². The number of aryl methyl sites for hydroxylation is 1. The van der Waals surface area contributed by atoms with Crippen molar-refractivity contribution in [2.45, 2.75) is 57.8 Å². The molecular weight excluding hydrogens is 531 g/mol. The number of aliphatic carboxylic acids is 1. The molecule has 0 unspecified atom stereocenters. The molecule has 0 radical (unpaired) electrons. The summed E-state index contributed by atoms with van der Waals surface area (Å²) in [5, 5.41) is 10.1. The van der Waals surface area contributed by atoms with Gasteiger partial charge in [0.25, 0.3) is 0 Å². The summed E-state index contributed by atoms with van der Waals surface area (Å²) in [4.78, 5) is 18.1. The van der Waals surface area contributed by atoms with Crippen LogP contribution in [0, 0.1) is 22.9 Å². The maximum atomic E-state index is 15.8. The average Bonchev–Trinajstić information content (AvgIpc) is 2.94. The van der Waals surface area contributed by atoms with Crippen molar-refractivity contribution in [3.05, 3.63) is 70.7 Å². The Morgan fingerprint density at radius 3 is 2.48 bits per heavy atom. The van der Waals surface area contributed by atoms with Gasteiger partial charge in [-0.15, -0.1) is 0 Å². The maximum absolute atomic E-state index is 15.8. The number of alkyl halides is 2. The summed E-state index contributed by atoms with van der Waals surface area (Å²) in [5.41, 5.74) is 0.679. The third-order valence-corrected chi connectivity index (χ3v) is 8.01. The summed E-state index contributed by atoms with van der Waals surface area (Å²) in [5.74, 6) is -4.36. The third-order valence-electron chi connectivity index (χ3n) is 8.01. The summed E-state index contributed by atoms with van der Waals surface area (Å²) in [7, 11) is 1.49. The van der Waals surface area contributed by atoms with E-state index in [1.54, 1.807) is 18.2 Å². The highest BCUT2D eigenvalue weighted by atomic mass is 19.2. The Morgan fingerprint density at radius 2 is 1.85 bits per heavy atom. The highest BCUT2D eigenvalue weighted by molar-refractivity contribution is 5.85. The minimum atomic E-state index is -1.51. The second kappa shape index (κ2) is 12.9. The van der Waals surface area contributed by atoms with E-state index in [-0.39, 0.29) is 24.0 Å². The topological polar surface area (TPSA) is 62.7 Å². The number of piperidine rings is 1. The van der Waals surface area contributed by atoms with Crippen LogP contribution in [0.2, 0.25) is 0 Å². The molecule has 1 saturated heterocycles. The van der Waals surface area contributed by atoms with E-state index in [1.165, 1.54) is 13.3 Å². The van der Waals surface area contributed by atoms with Crippen LogP contribution in [-0.4, -0.2) is 47.7 Å². The summed E-state index contributed by atoms with van der Waals surface area (Å²) < 4.78 is 75.1. The van der Waals surface area contributed by atoms with E-state index in [9.17, 15) is 27.5 Å². The van der Waals surface area contributed by atoms with Gasteiger partial charge in [0.1, 0.15) is 18.6 Å². The van der Waals surface area contributed by atoms with Crippen LogP contribution in [0.5, 0.6) is 5.75 Å². The van der Waals surface area contributed by atoms with Gasteiger partial charge in [-0.1, -0.05) is 0 Å². The number of fused-ring (bicyclic) bond motifs is 1. The van der Waals surface area contributed by atoms with E-state index in [0.29, 0.717) is 74.0 Å². The van der Waals surface area contributed by atoms with E-state index >= 15 is 4.39 Å². The van der Waals surface area contributed by atoms with Crippen molar-refractivity contribution in [2.24, 2.45) is 5.41 Å². The van der Waals surface area contributed by atoms with Gasteiger partial charge >= 0.3 is 5.97 Å². The van der Waals surface area contributed by atoms with Crippen molar-refractivity contribution in [1.82, 2.24) is 9.88 Å². The van der Waals surface area contributed by atoms with Crippen LogP contribution < -0.4 is 4.74 Å². The minimum Gasteiger partial charge on any atom is -0.497 e. The molecule has 2 heterocycles. The normalized spacial score (nSPS) is 16.2. The van der Waals surface area contributed by atoms with E-state index in [2.05, 4.69) is 9.88 Å². The second-order valence-electron chi connectivity index (χ2n) is 10.6. The van der Waals surface area contributed by atoms with Crippen molar-refractivity contribution in [3.63, 3.8) is 0 Å².